The molecule has 22 heavy (non-hydrogen) atoms. The van der Waals surface area contributed by atoms with Gasteiger partial charge in [-0.2, -0.15) is 5.10 Å². The number of ether oxygens (including phenoxy) is 2. The molecule has 1 amide bonds. The minimum absolute atomic E-state index is 0.344. The fraction of sp³-hybridized carbons (Fsp3) is 0.143. The Morgan fingerprint density at radius 1 is 1.23 bits per heavy atom. The van der Waals surface area contributed by atoms with Crippen molar-refractivity contribution in [2.75, 3.05) is 14.2 Å². The van der Waals surface area contributed by atoms with Gasteiger partial charge in [-0.3, -0.25) is 4.79 Å². The van der Waals surface area contributed by atoms with E-state index < -0.39 is 0 Å². The lowest BCUT2D eigenvalue weighted by Gasteiger charge is -2.07. The largest absolute Gasteiger partial charge is 0.493 e. The third kappa shape index (κ3) is 3.89. The van der Waals surface area contributed by atoms with Gasteiger partial charge in [0.15, 0.2) is 11.5 Å². The summed E-state index contributed by atoms with van der Waals surface area (Å²) in [6, 6.07) is 6.99. The summed E-state index contributed by atoms with van der Waals surface area (Å²) in [7, 11) is 3.12. The van der Waals surface area contributed by atoms with Gasteiger partial charge in [-0.25, -0.2) is 5.43 Å². The van der Waals surface area contributed by atoms with E-state index in [1.807, 2.05) is 0 Å². The number of hydrogen-bond acceptors (Lipinski definition) is 4. The van der Waals surface area contributed by atoms with Gasteiger partial charge in [0, 0.05) is 0 Å². The van der Waals surface area contributed by atoms with E-state index in [1.165, 1.54) is 6.21 Å². The molecule has 2 rings (SSSR count). The molecule has 0 aliphatic heterocycles. The lowest BCUT2D eigenvalue weighted by atomic mass is 10.2. The van der Waals surface area contributed by atoms with Gasteiger partial charge in [-0.1, -0.05) is 0 Å². The molecule has 2 N–H and O–H groups in total. The van der Waals surface area contributed by atoms with Crippen LogP contribution in [0.25, 0.3) is 0 Å². The van der Waals surface area contributed by atoms with Crippen LogP contribution in [0.3, 0.4) is 0 Å². The van der Waals surface area contributed by atoms with Gasteiger partial charge in [0.2, 0.25) is 0 Å². The van der Waals surface area contributed by atoms with E-state index in [9.17, 15) is 4.79 Å². The SMILES string of the molecule is COc1ccc(/C=N/NC(=O)c2cc(Br)c(Br)[nH]2)cc1OC. The van der Waals surface area contributed by atoms with Crippen LogP contribution in [0.1, 0.15) is 16.1 Å². The zero-order chi connectivity index (χ0) is 16.1. The number of hydrogen-bond donors (Lipinski definition) is 2. The van der Waals surface area contributed by atoms with Crippen molar-refractivity contribution in [3.63, 3.8) is 0 Å². The number of methoxy groups -OCH3 is 2. The molecule has 0 spiro atoms. The predicted octanol–water partition coefficient (Wildman–Crippen LogP) is 3.32. The molecule has 2 aromatic rings. The van der Waals surface area contributed by atoms with E-state index in [4.69, 9.17) is 9.47 Å². The van der Waals surface area contributed by atoms with Gasteiger partial charge in [-0.15, -0.1) is 0 Å². The number of nitrogens with zero attached hydrogens (tertiary/aromatic N) is 1. The summed E-state index contributed by atoms with van der Waals surface area (Å²) in [5.74, 6) is 0.878. The van der Waals surface area contributed by atoms with Crippen molar-refractivity contribution in [2.45, 2.75) is 0 Å². The van der Waals surface area contributed by atoms with Crippen LogP contribution in [-0.2, 0) is 0 Å². The van der Waals surface area contributed by atoms with Crippen LogP contribution in [0.5, 0.6) is 11.5 Å². The highest BCUT2D eigenvalue weighted by Gasteiger charge is 2.10. The average molecular weight is 431 g/mol. The van der Waals surface area contributed by atoms with Gasteiger partial charge in [0.1, 0.15) is 5.69 Å². The summed E-state index contributed by atoms with van der Waals surface area (Å²) >= 11 is 6.57. The maximum Gasteiger partial charge on any atom is 0.287 e. The summed E-state index contributed by atoms with van der Waals surface area (Å²) < 4.78 is 11.8. The number of aromatic amines is 1. The highest BCUT2D eigenvalue weighted by atomic mass is 79.9. The molecule has 0 aliphatic rings. The minimum atomic E-state index is -0.344. The second-order valence-corrected chi connectivity index (χ2v) is 5.81. The Hall–Kier alpha value is -1.80. The van der Waals surface area contributed by atoms with E-state index in [2.05, 4.69) is 47.4 Å². The number of halogens is 2. The molecule has 0 saturated heterocycles. The number of carbonyl (C=O) groups is 1. The highest BCUT2D eigenvalue weighted by Crippen LogP contribution is 2.27. The van der Waals surface area contributed by atoms with Crippen LogP contribution in [0.15, 0.2) is 38.4 Å². The fourth-order valence-electron chi connectivity index (χ4n) is 1.69. The Labute approximate surface area is 144 Å². The number of aromatic nitrogens is 1. The van der Waals surface area contributed by atoms with Gasteiger partial charge in [0.05, 0.1) is 29.5 Å². The van der Waals surface area contributed by atoms with Gasteiger partial charge in [-0.05, 0) is 61.7 Å². The fourth-order valence-corrected chi connectivity index (χ4v) is 2.34. The maximum atomic E-state index is 11.9. The summed E-state index contributed by atoms with van der Waals surface area (Å²) in [6.07, 6.45) is 1.52. The standard InChI is InChI=1S/C14H13Br2N3O3/c1-21-11-4-3-8(5-12(11)22-2)7-17-19-14(20)10-6-9(15)13(16)18-10/h3-7,18H,1-2H3,(H,19,20)/b17-7+. The predicted molar refractivity (Wildman–Crippen MR) is 90.8 cm³/mol. The molecule has 116 valence electrons. The molecular formula is C14H13Br2N3O3. The lowest BCUT2D eigenvalue weighted by molar-refractivity contribution is 0.0950. The Morgan fingerprint density at radius 2 is 1.95 bits per heavy atom. The first-order valence-electron chi connectivity index (χ1n) is 6.14. The first kappa shape index (κ1) is 16.6. The van der Waals surface area contributed by atoms with Crippen molar-refractivity contribution >= 4 is 44.0 Å². The second kappa shape index (κ2) is 7.46. The van der Waals surface area contributed by atoms with Gasteiger partial charge < -0.3 is 14.5 Å². The van der Waals surface area contributed by atoms with E-state index in [0.29, 0.717) is 21.8 Å². The quantitative estimate of drug-likeness (QED) is 0.564. The van der Waals surface area contributed by atoms with Crippen molar-refractivity contribution in [3.8, 4) is 11.5 Å². The van der Waals surface area contributed by atoms with Gasteiger partial charge in [0.25, 0.3) is 5.91 Å². The average Bonchev–Trinajstić information content (AvgIpc) is 2.86. The van der Waals surface area contributed by atoms with Gasteiger partial charge >= 0.3 is 0 Å². The Morgan fingerprint density at radius 3 is 2.55 bits per heavy atom. The van der Waals surface area contributed by atoms with Crippen molar-refractivity contribution < 1.29 is 14.3 Å². The molecule has 0 unspecified atom stereocenters. The normalized spacial score (nSPS) is 10.7. The smallest absolute Gasteiger partial charge is 0.287 e. The molecule has 8 heteroatoms. The maximum absolute atomic E-state index is 11.9. The van der Waals surface area contributed by atoms with Crippen LogP contribution < -0.4 is 14.9 Å². The number of hydrazone groups is 1. The zero-order valence-corrected chi connectivity index (χ0v) is 15.0. The molecule has 0 aliphatic carbocycles. The molecule has 6 nitrogen and oxygen atoms in total. The van der Waals surface area contributed by atoms with Crippen LogP contribution >= 0.6 is 31.9 Å². The summed E-state index contributed by atoms with van der Waals surface area (Å²) in [6.45, 7) is 0. The molecular weight excluding hydrogens is 418 g/mol. The Kier molecular flexibility index (Phi) is 5.62. The number of H-pyrrole nitrogens is 1. The Bertz CT molecular complexity index is 694. The molecule has 0 atom stereocenters. The molecule has 0 fully saturated rings. The van der Waals surface area contributed by atoms with Crippen molar-refractivity contribution in [1.82, 2.24) is 10.4 Å². The third-order valence-corrected chi connectivity index (χ3v) is 4.54. The number of benzene rings is 1. The molecule has 1 aromatic heterocycles. The second-order valence-electron chi connectivity index (χ2n) is 4.16. The molecule has 0 radical (unpaired) electrons. The molecule has 1 heterocycles. The third-order valence-electron chi connectivity index (χ3n) is 2.76. The molecule has 0 saturated carbocycles. The molecule has 1 aromatic carbocycles. The number of carbonyl (C=O) groups excluding carboxylic acids is 1. The van der Waals surface area contributed by atoms with Crippen molar-refractivity contribution in [1.29, 1.82) is 0 Å². The van der Waals surface area contributed by atoms with Crippen molar-refractivity contribution in [2.24, 2.45) is 5.10 Å². The van der Waals surface area contributed by atoms with E-state index in [1.54, 1.807) is 38.5 Å². The first-order chi connectivity index (χ1) is 10.5. The summed E-state index contributed by atoms with van der Waals surface area (Å²) in [4.78, 5) is 14.8. The van der Waals surface area contributed by atoms with Crippen LogP contribution in [0, 0.1) is 0 Å². The van der Waals surface area contributed by atoms with Crippen molar-refractivity contribution in [3.05, 3.63) is 44.6 Å². The minimum Gasteiger partial charge on any atom is -0.493 e. The summed E-state index contributed by atoms with van der Waals surface area (Å²) in [5.41, 5.74) is 3.60. The van der Waals surface area contributed by atoms with Crippen LogP contribution in [0.4, 0.5) is 0 Å². The van der Waals surface area contributed by atoms with E-state index in [-0.39, 0.29) is 5.91 Å². The topological polar surface area (TPSA) is 75.7 Å². The first-order valence-corrected chi connectivity index (χ1v) is 7.73. The number of nitrogens with one attached hydrogen (secondary N) is 2. The number of amides is 1. The molecule has 0 bridgehead atoms. The van der Waals surface area contributed by atoms with E-state index in [0.717, 1.165) is 10.0 Å². The van der Waals surface area contributed by atoms with Crippen LogP contribution in [-0.4, -0.2) is 31.3 Å². The van der Waals surface area contributed by atoms with E-state index >= 15 is 0 Å². The van der Waals surface area contributed by atoms with Crippen LogP contribution in [0.2, 0.25) is 0 Å². The number of rotatable bonds is 5. The highest BCUT2D eigenvalue weighted by molar-refractivity contribution is 9.13. The monoisotopic (exact) mass is 429 g/mol. The zero-order valence-electron chi connectivity index (χ0n) is 11.8. The lowest BCUT2D eigenvalue weighted by Crippen LogP contribution is -2.17. The summed E-state index contributed by atoms with van der Waals surface area (Å²) in [5, 5.41) is 3.92. The Balaban J connectivity index is 2.04.